The summed E-state index contributed by atoms with van der Waals surface area (Å²) in [5, 5.41) is 2.53. The van der Waals surface area contributed by atoms with E-state index in [2.05, 4.69) is 37.9 Å². The van der Waals surface area contributed by atoms with Crippen LogP contribution in [0, 0.1) is 0 Å². The van der Waals surface area contributed by atoms with Crippen molar-refractivity contribution in [1.82, 2.24) is 9.55 Å². The van der Waals surface area contributed by atoms with Gasteiger partial charge in [0.25, 0.3) is 5.56 Å². The van der Waals surface area contributed by atoms with E-state index in [1.165, 1.54) is 21.5 Å². The van der Waals surface area contributed by atoms with Crippen molar-refractivity contribution >= 4 is 21.6 Å². The second-order valence-corrected chi connectivity index (χ2v) is 8.43. The molecule has 0 N–H and O–H groups in total. The maximum absolute atomic E-state index is 13.1. The van der Waals surface area contributed by atoms with Crippen LogP contribution in [0.5, 0.6) is 0 Å². The third-order valence-electron chi connectivity index (χ3n) is 4.67. The Labute approximate surface area is 162 Å². The van der Waals surface area contributed by atoms with Gasteiger partial charge in [-0.2, -0.15) is 0 Å². The molecular formula is C21H25FN2O2S. The molecule has 4 nitrogen and oxygen atoms in total. The Kier molecular flexibility index (Phi) is 5.77. The first kappa shape index (κ1) is 19.7. The number of nitrogens with zero attached hydrogens (tertiary/aromatic N) is 2. The lowest BCUT2D eigenvalue weighted by molar-refractivity contribution is 0.199. The van der Waals surface area contributed by atoms with Crippen molar-refractivity contribution in [3.63, 3.8) is 0 Å². The number of thiophene rings is 1. The highest BCUT2D eigenvalue weighted by molar-refractivity contribution is 7.17. The van der Waals surface area contributed by atoms with Gasteiger partial charge < -0.3 is 4.74 Å². The molecule has 1 aromatic carbocycles. The van der Waals surface area contributed by atoms with E-state index in [0.29, 0.717) is 29.1 Å². The van der Waals surface area contributed by atoms with Crippen molar-refractivity contribution in [2.45, 2.75) is 39.2 Å². The number of ether oxygens (including phenoxy) is 1. The molecule has 0 aliphatic carbocycles. The van der Waals surface area contributed by atoms with Crippen LogP contribution in [0.1, 0.15) is 32.2 Å². The molecule has 3 rings (SSSR count). The largest absolute Gasteiger partial charge is 0.384 e. The molecule has 144 valence electrons. The zero-order valence-electron chi connectivity index (χ0n) is 16.2. The van der Waals surface area contributed by atoms with Crippen LogP contribution >= 0.6 is 11.3 Å². The fourth-order valence-electron chi connectivity index (χ4n) is 3.13. The number of alkyl halides is 1. The normalized spacial score (nSPS) is 12.0. The predicted molar refractivity (Wildman–Crippen MR) is 110 cm³/mol. The summed E-state index contributed by atoms with van der Waals surface area (Å²) in [6.07, 6.45) is 0.481. The second-order valence-electron chi connectivity index (χ2n) is 7.57. The third-order valence-corrected chi connectivity index (χ3v) is 5.54. The summed E-state index contributed by atoms with van der Waals surface area (Å²) in [5.41, 5.74) is 2.96. The number of rotatable bonds is 6. The maximum atomic E-state index is 13.1. The minimum Gasteiger partial charge on any atom is -0.384 e. The van der Waals surface area contributed by atoms with E-state index in [1.807, 2.05) is 17.5 Å². The number of benzene rings is 1. The quantitative estimate of drug-likeness (QED) is 0.621. The zero-order chi connectivity index (χ0) is 19.6. The highest BCUT2D eigenvalue weighted by atomic mass is 32.1. The van der Waals surface area contributed by atoms with Crippen molar-refractivity contribution in [3.05, 3.63) is 51.4 Å². The van der Waals surface area contributed by atoms with Crippen molar-refractivity contribution in [3.8, 4) is 11.1 Å². The van der Waals surface area contributed by atoms with Gasteiger partial charge in [0, 0.05) is 24.5 Å². The summed E-state index contributed by atoms with van der Waals surface area (Å²) in [7, 11) is 1.60. The average Bonchev–Trinajstić information content (AvgIpc) is 3.06. The summed E-state index contributed by atoms with van der Waals surface area (Å²) in [6.45, 7) is 6.36. The highest BCUT2D eigenvalue weighted by Crippen LogP contribution is 2.32. The molecule has 27 heavy (non-hydrogen) atoms. The molecular weight excluding hydrogens is 363 g/mol. The van der Waals surface area contributed by atoms with E-state index >= 15 is 0 Å². The minimum absolute atomic E-state index is 0.0130. The van der Waals surface area contributed by atoms with Crippen LogP contribution in [0.2, 0.25) is 0 Å². The Morgan fingerprint density at radius 1 is 1.22 bits per heavy atom. The van der Waals surface area contributed by atoms with Crippen molar-refractivity contribution in [1.29, 1.82) is 0 Å². The Bertz CT molecular complexity index is 984. The standard InChI is InChI=1S/C21H25FN2O2S/c1-21(2,3)15-7-5-14(6-8-15)16-13-27-19-18(16)20(25)24(11-10-22)17(23-19)9-12-26-4/h5-8,13H,9-12H2,1-4H3. The molecule has 0 saturated heterocycles. The van der Waals surface area contributed by atoms with Gasteiger partial charge in [-0.15, -0.1) is 11.3 Å². The molecule has 0 radical (unpaired) electrons. The highest BCUT2D eigenvalue weighted by Gasteiger charge is 2.18. The maximum Gasteiger partial charge on any atom is 0.262 e. The van der Waals surface area contributed by atoms with Gasteiger partial charge in [-0.25, -0.2) is 9.37 Å². The van der Waals surface area contributed by atoms with E-state index in [1.54, 1.807) is 7.11 Å². The van der Waals surface area contributed by atoms with Crippen LogP contribution in [0.3, 0.4) is 0 Å². The molecule has 0 aliphatic heterocycles. The number of hydrogen-bond acceptors (Lipinski definition) is 4. The number of aromatic nitrogens is 2. The molecule has 0 saturated carbocycles. The molecule has 0 aliphatic rings. The molecule has 3 aromatic rings. The summed E-state index contributed by atoms with van der Waals surface area (Å²) in [5.74, 6) is 0.573. The fraction of sp³-hybridized carbons (Fsp3) is 0.429. The Morgan fingerprint density at radius 2 is 1.93 bits per heavy atom. The molecule has 0 fully saturated rings. The van der Waals surface area contributed by atoms with Gasteiger partial charge in [0.2, 0.25) is 0 Å². The minimum atomic E-state index is -0.604. The third kappa shape index (κ3) is 3.96. The van der Waals surface area contributed by atoms with Crippen LogP contribution in [0.4, 0.5) is 4.39 Å². The Balaban J connectivity index is 2.13. The van der Waals surface area contributed by atoms with Gasteiger partial charge in [0.15, 0.2) is 0 Å². The van der Waals surface area contributed by atoms with Gasteiger partial charge in [-0.05, 0) is 16.5 Å². The lowest BCUT2D eigenvalue weighted by Gasteiger charge is -2.19. The van der Waals surface area contributed by atoms with E-state index < -0.39 is 6.67 Å². The van der Waals surface area contributed by atoms with E-state index in [-0.39, 0.29) is 17.5 Å². The SMILES string of the molecule is COCCc1nc2scc(-c3ccc(C(C)(C)C)cc3)c2c(=O)n1CCF. The molecule has 0 atom stereocenters. The van der Waals surface area contributed by atoms with Crippen LogP contribution in [0.25, 0.3) is 21.3 Å². The molecule has 0 unspecified atom stereocenters. The van der Waals surface area contributed by atoms with Crippen LogP contribution in [-0.2, 0) is 23.1 Å². The second kappa shape index (κ2) is 7.90. The number of methoxy groups -OCH3 is 1. The summed E-state index contributed by atoms with van der Waals surface area (Å²) >= 11 is 1.45. The first-order valence-electron chi connectivity index (χ1n) is 9.03. The number of fused-ring (bicyclic) bond motifs is 1. The van der Waals surface area contributed by atoms with Crippen molar-refractivity contribution in [2.24, 2.45) is 0 Å². The molecule has 0 spiro atoms. The Hall–Kier alpha value is -2.05. The van der Waals surface area contributed by atoms with Crippen LogP contribution in [0.15, 0.2) is 34.4 Å². The van der Waals surface area contributed by atoms with E-state index in [9.17, 15) is 9.18 Å². The van der Waals surface area contributed by atoms with Crippen LogP contribution < -0.4 is 5.56 Å². The topological polar surface area (TPSA) is 44.1 Å². The lowest BCUT2D eigenvalue weighted by atomic mass is 9.86. The van der Waals surface area contributed by atoms with Gasteiger partial charge >= 0.3 is 0 Å². The van der Waals surface area contributed by atoms with E-state index in [4.69, 9.17) is 4.74 Å². The van der Waals surface area contributed by atoms with Gasteiger partial charge in [0.1, 0.15) is 17.3 Å². The summed E-state index contributed by atoms with van der Waals surface area (Å²) in [4.78, 5) is 18.4. The van der Waals surface area contributed by atoms with Gasteiger partial charge in [-0.1, -0.05) is 45.0 Å². The molecule has 2 aromatic heterocycles. The predicted octanol–water partition coefficient (Wildman–Crippen LogP) is 4.58. The monoisotopic (exact) mass is 388 g/mol. The smallest absolute Gasteiger partial charge is 0.262 e. The summed E-state index contributed by atoms with van der Waals surface area (Å²) < 4.78 is 19.6. The van der Waals surface area contributed by atoms with Crippen molar-refractivity contribution in [2.75, 3.05) is 20.4 Å². The molecule has 2 heterocycles. The van der Waals surface area contributed by atoms with E-state index in [0.717, 1.165) is 11.1 Å². The first-order chi connectivity index (χ1) is 12.9. The summed E-state index contributed by atoms with van der Waals surface area (Å²) in [6, 6.07) is 8.28. The fourth-order valence-corrected chi connectivity index (χ4v) is 4.08. The lowest BCUT2D eigenvalue weighted by Crippen LogP contribution is -2.26. The molecule has 0 bridgehead atoms. The zero-order valence-corrected chi connectivity index (χ0v) is 17.0. The number of halogens is 1. The average molecular weight is 389 g/mol. The van der Waals surface area contributed by atoms with Gasteiger partial charge in [-0.3, -0.25) is 9.36 Å². The Morgan fingerprint density at radius 3 is 2.52 bits per heavy atom. The van der Waals surface area contributed by atoms with Crippen molar-refractivity contribution < 1.29 is 9.13 Å². The molecule has 0 amide bonds. The van der Waals surface area contributed by atoms with Gasteiger partial charge in [0.05, 0.1) is 18.5 Å². The molecule has 6 heteroatoms. The first-order valence-corrected chi connectivity index (χ1v) is 9.91. The van der Waals surface area contributed by atoms with Crippen LogP contribution in [-0.4, -0.2) is 29.9 Å². The number of hydrogen-bond donors (Lipinski definition) is 0.